The summed E-state index contributed by atoms with van der Waals surface area (Å²) in [5.41, 5.74) is -3.25. The van der Waals surface area contributed by atoms with E-state index in [-0.39, 0.29) is 46.4 Å². The summed E-state index contributed by atoms with van der Waals surface area (Å²) in [5, 5.41) is 0. The van der Waals surface area contributed by atoms with Crippen molar-refractivity contribution in [1.29, 1.82) is 0 Å². The van der Waals surface area contributed by atoms with Crippen molar-refractivity contribution in [2.75, 3.05) is 0 Å². The van der Waals surface area contributed by atoms with Gasteiger partial charge in [0.25, 0.3) is 5.56 Å². The smallest absolute Gasteiger partial charge is 0.306 e. The van der Waals surface area contributed by atoms with Gasteiger partial charge in [0.1, 0.15) is 11.5 Å². The van der Waals surface area contributed by atoms with Crippen LogP contribution in [-0.4, -0.2) is 21.3 Å². The van der Waals surface area contributed by atoms with Crippen molar-refractivity contribution in [2.24, 2.45) is 5.92 Å². The number of aromatic nitrogens is 2. The molecular weight excluding hydrogens is 425 g/mol. The molecule has 0 bridgehead atoms. The summed E-state index contributed by atoms with van der Waals surface area (Å²) in [4.78, 5) is 32.1. The molecule has 1 atom stereocenters. The second-order valence-electron chi connectivity index (χ2n) is 7.44. The van der Waals surface area contributed by atoms with Crippen molar-refractivity contribution in [2.45, 2.75) is 36.6 Å². The number of nitrogens with zero attached hydrogens (tertiary/aromatic N) is 1. The molecular formula is C23H21F3N2O2S. The Bertz CT molecular complexity index is 1090. The van der Waals surface area contributed by atoms with Crippen molar-refractivity contribution >= 4 is 17.5 Å². The summed E-state index contributed by atoms with van der Waals surface area (Å²) in [6.45, 7) is 3.88. The molecule has 4 nitrogen and oxygen atoms in total. The Hall–Kier alpha value is -2.87. The Kier molecular flexibility index (Phi) is 7.00. The number of aromatic amines is 1. The van der Waals surface area contributed by atoms with Crippen LogP contribution >= 0.6 is 11.8 Å². The lowest BCUT2D eigenvalue weighted by Crippen LogP contribution is -2.18. The van der Waals surface area contributed by atoms with E-state index in [1.54, 1.807) is 36.4 Å². The number of benzene rings is 2. The lowest BCUT2D eigenvalue weighted by molar-refractivity contribution is -0.0328. The van der Waals surface area contributed by atoms with E-state index in [1.807, 2.05) is 19.9 Å². The molecule has 0 amide bonds. The van der Waals surface area contributed by atoms with Crippen LogP contribution in [-0.2, 0) is 0 Å². The van der Waals surface area contributed by atoms with Crippen molar-refractivity contribution in [1.82, 2.24) is 9.97 Å². The van der Waals surface area contributed by atoms with E-state index in [0.29, 0.717) is 11.4 Å². The van der Waals surface area contributed by atoms with Gasteiger partial charge in [-0.25, -0.2) is 4.98 Å². The van der Waals surface area contributed by atoms with Crippen molar-refractivity contribution in [3.8, 4) is 11.4 Å². The zero-order chi connectivity index (χ0) is 22.6. The summed E-state index contributed by atoms with van der Waals surface area (Å²) in [6, 6.07) is 16.2. The van der Waals surface area contributed by atoms with Gasteiger partial charge in [0, 0.05) is 22.9 Å². The Morgan fingerprint density at radius 2 is 1.71 bits per heavy atom. The largest absolute Gasteiger partial charge is 0.446 e. The molecule has 8 heteroatoms. The number of Topliss-reactive ketones (excluding diaryl/α,β-unsaturated/α-hetero) is 1. The van der Waals surface area contributed by atoms with Crippen LogP contribution in [0.3, 0.4) is 0 Å². The Morgan fingerprint density at radius 1 is 1.06 bits per heavy atom. The molecule has 0 aliphatic heterocycles. The van der Waals surface area contributed by atoms with Gasteiger partial charge >= 0.3 is 5.51 Å². The summed E-state index contributed by atoms with van der Waals surface area (Å²) in [7, 11) is 0. The Morgan fingerprint density at radius 3 is 2.29 bits per heavy atom. The summed E-state index contributed by atoms with van der Waals surface area (Å²) in [5.74, 6) is -0.152. The number of hydrogen-bond acceptors (Lipinski definition) is 4. The number of H-pyrrole nitrogens is 1. The van der Waals surface area contributed by atoms with Crippen LogP contribution in [0.25, 0.3) is 11.4 Å². The number of halogens is 3. The number of alkyl halides is 3. The third-order valence-electron chi connectivity index (χ3n) is 4.83. The van der Waals surface area contributed by atoms with Crippen molar-refractivity contribution in [3.05, 3.63) is 82.3 Å². The van der Waals surface area contributed by atoms with E-state index >= 15 is 0 Å². The minimum absolute atomic E-state index is 0.0562. The number of thioether (sulfide) groups is 1. The highest BCUT2D eigenvalue weighted by atomic mass is 32.2. The van der Waals surface area contributed by atoms with Gasteiger partial charge in [-0.05, 0) is 41.3 Å². The summed E-state index contributed by atoms with van der Waals surface area (Å²) >= 11 is -0.174. The maximum Gasteiger partial charge on any atom is 0.446 e. The highest BCUT2D eigenvalue weighted by Crippen LogP contribution is 2.38. The topological polar surface area (TPSA) is 62.8 Å². The second kappa shape index (κ2) is 9.51. The fourth-order valence-electron chi connectivity index (χ4n) is 3.29. The van der Waals surface area contributed by atoms with Gasteiger partial charge in [0.2, 0.25) is 0 Å². The van der Waals surface area contributed by atoms with Crippen LogP contribution in [0.2, 0.25) is 0 Å². The highest BCUT2D eigenvalue weighted by Gasteiger charge is 2.29. The molecule has 31 heavy (non-hydrogen) atoms. The van der Waals surface area contributed by atoms with Crippen molar-refractivity contribution < 1.29 is 18.0 Å². The molecule has 1 heterocycles. The van der Waals surface area contributed by atoms with Crippen LogP contribution in [0.15, 0.2) is 70.4 Å². The molecule has 0 aliphatic carbocycles. The summed E-state index contributed by atoms with van der Waals surface area (Å²) < 4.78 is 37.7. The number of hydrogen-bond donors (Lipinski definition) is 1. The lowest BCUT2D eigenvalue weighted by atomic mass is 9.84. The average molecular weight is 446 g/mol. The molecule has 1 N–H and O–H groups in total. The quantitative estimate of drug-likeness (QED) is 0.354. The van der Waals surface area contributed by atoms with Crippen LogP contribution < -0.4 is 5.56 Å². The molecule has 0 unspecified atom stereocenters. The Balaban J connectivity index is 1.83. The predicted molar refractivity (Wildman–Crippen MR) is 115 cm³/mol. The first-order chi connectivity index (χ1) is 14.6. The highest BCUT2D eigenvalue weighted by molar-refractivity contribution is 8.00. The first kappa shape index (κ1) is 22.8. The second-order valence-corrected chi connectivity index (χ2v) is 8.58. The maximum absolute atomic E-state index is 13.0. The van der Waals surface area contributed by atoms with Crippen molar-refractivity contribution in [3.63, 3.8) is 0 Å². The van der Waals surface area contributed by atoms with Crippen LogP contribution in [0, 0.1) is 5.92 Å². The van der Waals surface area contributed by atoms with E-state index in [0.717, 1.165) is 5.56 Å². The monoisotopic (exact) mass is 446 g/mol. The summed E-state index contributed by atoms with van der Waals surface area (Å²) in [6.07, 6.45) is 0.0914. The molecule has 0 saturated carbocycles. The minimum Gasteiger partial charge on any atom is -0.306 e. The van der Waals surface area contributed by atoms with E-state index in [4.69, 9.17) is 0 Å². The van der Waals surface area contributed by atoms with Gasteiger partial charge in [-0.2, -0.15) is 13.2 Å². The molecule has 0 spiro atoms. The lowest BCUT2D eigenvalue weighted by Gasteiger charge is -2.21. The molecule has 162 valence electrons. The van der Waals surface area contributed by atoms with E-state index < -0.39 is 11.1 Å². The first-order valence-corrected chi connectivity index (χ1v) is 10.5. The zero-order valence-corrected chi connectivity index (χ0v) is 17.8. The fraction of sp³-hybridized carbons (Fsp3) is 0.261. The predicted octanol–water partition coefficient (Wildman–Crippen LogP) is 6.06. The molecule has 0 radical (unpaired) electrons. The minimum atomic E-state index is -4.35. The Labute approximate surface area is 181 Å². The molecule has 0 aliphatic rings. The van der Waals surface area contributed by atoms with Gasteiger partial charge < -0.3 is 4.98 Å². The normalized spacial score (nSPS) is 12.7. The van der Waals surface area contributed by atoms with Crippen LogP contribution in [0.4, 0.5) is 13.2 Å². The number of carbonyl (C=O) groups excluding carboxylic acids is 1. The van der Waals surface area contributed by atoms with Gasteiger partial charge in [0.15, 0.2) is 5.78 Å². The number of nitrogens with one attached hydrogen (secondary N) is 1. The average Bonchev–Trinajstić information content (AvgIpc) is 2.71. The van der Waals surface area contributed by atoms with Gasteiger partial charge in [0.05, 0.1) is 0 Å². The molecule has 0 fully saturated rings. The van der Waals surface area contributed by atoms with Gasteiger partial charge in [-0.15, -0.1) is 0 Å². The molecule has 1 aromatic heterocycles. The zero-order valence-electron chi connectivity index (χ0n) is 16.9. The number of carbonyl (C=O) groups is 1. The molecule has 2 aromatic carbocycles. The van der Waals surface area contributed by atoms with Gasteiger partial charge in [-0.1, -0.05) is 56.3 Å². The molecule has 0 saturated heterocycles. The van der Waals surface area contributed by atoms with E-state index in [9.17, 15) is 22.8 Å². The third kappa shape index (κ3) is 6.30. The number of rotatable bonds is 7. The van der Waals surface area contributed by atoms with Crippen LogP contribution in [0.5, 0.6) is 0 Å². The van der Waals surface area contributed by atoms with E-state index in [2.05, 4.69) is 9.97 Å². The maximum atomic E-state index is 13.0. The SMILES string of the molecule is CC(C)[C@@H](CC(=O)c1cc(=O)[nH]c(-c2ccccc2)n1)c1ccc(SC(F)(F)F)cc1. The van der Waals surface area contributed by atoms with Gasteiger partial charge in [-0.3, -0.25) is 9.59 Å². The molecule has 3 aromatic rings. The first-order valence-electron chi connectivity index (χ1n) is 9.68. The third-order valence-corrected chi connectivity index (χ3v) is 5.57. The standard InChI is InChI=1S/C23H21F3N2O2S/c1-14(2)18(15-8-10-17(11-9-15)31-23(24,25)26)12-20(29)19-13-21(30)28-22(27-19)16-6-4-3-5-7-16/h3-11,13-14,18H,12H2,1-2H3,(H,27,28,30)/t18-/m1/s1. The van der Waals surface area contributed by atoms with Crippen LogP contribution in [0.1, 0.15) is 42.2 Å². The molecule has 3 rings (SSSR count). The van der Waals surface area contributed by atoms with E-state index in [1.165, 1.54) is 18.2 Å². The number of ketones is 1. The fourth-order valence-corrected chi connectivity index (χ4v) is 3.83.